The van der Waals surface area contributed by atoms with Crippen LogP contribution in [0.5, 0.6) is 0 Å². The number of nitrogens with zero attached hydrogens (tertiary/aromatic N) is 4. The lowest BCUT2D eigenvalue weighted by molar-refractivity contribution is 0.283. The van der Waals surface area contributed by atoms with Gasteiger partial charge in [-0.05, 0) is 39.4 Å². The fourth-order valence-electron chi connectivity index (χ4n) is 2.39. The molecule has 0 aromatic heterocycles. The number of guanidine groups is 1. The highest BCUT2D eigenvalue weighted by Crippen LogP contribution is 2.24. The summed E-state index contributed by atoms with van der Waals surface area (Å²) in [5, 5.41) is 0. The van der Waals surface area contributed by atoms with Crippen LogP contribution in [0.1, 0.15) is 19.3 Å². The van der Waals surface area contributed by atoms with E-state index in [9.17, 15) is 0 Å². The van der Waals surface area contributed by atoms with Gasteiger partial charge < -0.3 is 20.4 Å². The van der Waals surface area contributed by atoms with E-state index in [2.05, 4.69) is 33.8 Å². The van der Waals surface area contributed by atoms with Gasteiger partial charge in [0.1, 0.15) is 0 Å². The van der Waals surface area contributed by atoms with Crippen LogP contribution in [0.4, 0.5) is 0 Å². The summed E-state index contributed by atoms with van der Waals surface area (Å²) in [6.45, 7) is 6.59. The largest absolute Gasteiger partial charge is 0.370 e. The first-order valence-corrected chi connectivity index (χ1v) is 7.10. The molecule has 18 heavy (non-hydrogen) atoms. The van der Waals surface area contributed by atoms with Crippen molar-refractivity contribution >= 4 is 5.96 Å². The van der Waals surface area contributed by atoms with Crippen LogP contribution in [0.2, 0.25) is 0 Å². The van der Waals surface area contributed by atoms with E-state index in [0.29, 0.717) is 12.0 Å². The second kappa shape index (κ2) is 6.38. The van der Waals surface area contributed by atoms with Crippen molar-refractivity contribution in [2.45, 2.75) is 25.3 Å². The van der Waals surface area contributed by atoms with Gasteiger partial charge in [-0.15, -0.1) is 0 Å². The lowest BCUT2D eigenvalue weighted by atomic mass is 10.4. The molecular formula is C13H27N5. The Morgan fingerprint density at radius 1 is 1.28 bits per heavy atom. The molecule has 1 aliphatic carbocycles. The Labute approximate surface area is 111 Å². The second-order valence-electron chi connectivity index (χ2n) is 5.58. The third-order valence-corrected chi connectivity index (χ3v) is 3.96. The van der Waals surface area contributed by atoms with Crippen LogP contribution < -0.4 is 5.73 Å². The molecule has 0 radical (unpaired) electrons. The van der Waals surface area contributed by atoms with Gasteiger partial charge in [0.25, 0.3) is 0 Å². The maximum Gasteiger partial charge on any atom is 0.191 e. The summed E-state index contributed by atoms with van der Waals surface area (Å²) in [5.74, 6) is 0.712. The zero-order valence-electron chi connectivity index (χ0n) is 11.8. The quantitative estimate of drug-likeness (QED) is 0.567. The van der Waals surface area contributed by atoms with Crippen LogP contribution in [0.3, 0.4) is 0 Å². The van der Waals surface area contributed by atoms with Gasteiger partial charge in [0.05, 0.1) is 6.54 Å². The van der Waals surface area contributed by atoms with E-state index in [0.717, 1.165) is 19.6 Å². The summed E-state index contributed by atoms with van der Waals surface area (Å²) in [4.78, 5) is 11.5. The first kappa shape index (κ1) is 13.6. The van der Waals surface area contributed by atoms with Crippen LogP contribution in [0, 0.1) is 0 Å². The standard InChI is InChI=1S/C13H27N5/c1-16-7-3-8-18(11-10-16)9-6-15-13(14)17(2)12-4-5-12/h12H,3-11H2,1-2H3,(H2,14,15). The normalized spacial score (nSPS) is 24.0. The number of likely N-dealkylation sites (N-methyl/N-ethyl adjacent to an activating group) is 1. The lowest BCUT2D eigenvalue weighted by Gasteiger charge is -2.20. The first-order chi connectivity index (χ1) is 8.66. The Hall–Kier alpha value is -0.810. The van der Waals surface area contributed by atoms with E-state index in [1.54, 1.807) is 0 Å². The molecule has 2 N–H and O–H groups in total. The van der Waals surface area contributed by atoms with Crippen molar-refractivity contribution in [2.24, 2.45) is 10.7 Å². The summed E-state index contributed by atoms with van der Waals surface area (Å²) in [7, 11) is 4.25. The van der Waals surface area contributed by atoms with Crippen LogP contribution in [0.15, 0.2) is 4.99 Å². The molecule has 0 bridgehead atoms. The molecule has 0 aromatic carbocycles. The van der Waals surface area contributed by atoms with Crippen molar-refractivity contribution in [3.05, 3.63) is 0 Å². The molecule has 0 unspecified atom stereocenters. The maximum absolute atomic E-state index is 5.98. The molecule has 2 aliphatic rings. The minimum atomic E-state index is 0.653. The molecule has 1 aliphatic heterocycles. The van der Waals surface area contributed by atoms with Gasteiger partial charge >= 0.3 is 0 Å². The van der Waals surface area contributed by atoms with Gasteiger partial charge in [-0.3, -0.25) is 4.99 Å². The van der Waals surface area contributed by atoms with Crippen molar-refractivity contribution in [3.8, 4) is 0 Å². The number of rotatable bonds is 4. The van der Waals surface area contributed by atoms with Crippen molar-refractivity contribution < 1.29 is 0 Å². The van der Waals surface area contributed by atoms with Crippen LogP contribution in [0.25, 0.3) is 0 Å². The predicted octanol–water partition coefficient (Wildman–Crippen LogP) is 0.0328. The number of nitrogens with two attached hydrogens (primary N) is 1. The Balaban J connectivity index is 1.68. The number of hydrogen-bond acceptors (Lipinski definition) is 3. The Morgan fingerprint density at radius 3 is 2.78 bits per heavy atom. The van der Waals surface area contributed by atoms with E-state index in [1.165, 1.54) is 38.9 Å². The van der Waals surface area contributed by atoms with Crippen molar-refractivity contribution in [3.63, 3.8) is 0 Å². The molecule has 2 rings (SSSR count). The van der Waals surface area contributed by atoms with Gasteiger partial charge in [0.2, 0.25) is 0 Å². The summed E-state index contributed by atoms with van der Waals surface area (Å²) in [6, 6.07) is 0.653. The summed E-state index contributed by atoms with van der Waals surface area (Å²) in [6.07, 6.45) is 3.80. The van der Waals surface area contributed by atoms with Crippen molar-refractivity contribution in [1.29, 1.82) is 0 Å². The summed E-state index contributed by atoms with van der Waals surface area (Å²) >= 11 is 0. The van der Waals surface area contributed by atoms with Crippen LogP contribution in [-0.4, -0.2) is 80.1 Å². The predicted molar refractivity (Wildman–Crippen MR) is 75.8 cm³/mol. The SMILES string of the molecule is CN1CCCN(CCN=C(N)N(C)C2CC2)CC1. The van der Waals surface area contributed by atoms with Gasteiger partial charge in [0, 0.05) is 32.7 Å². The Morgan fingerprint density at radius 2 is 2.06 bits per heavy atom. The van der Waals surface area contributed by atoms with Gasteiger partial charge in [-0.2, -0.15) is 0 Å². The topological polar surface area (TPSA) is 48.1 Å². The molecule has 1 heterocycles. The molecule has 1 saturated carbocycles. The highest BCUT2D eigenvalue weighted by Gasteiger charge is 2.27. The lowest BCUT2D eigenvalue weighted by Crippen LogP contribution is -2.37. The molecule has 1 saturated heterocycles. The van der Waals surface area contributed by atoms with Crippen LogP contribution in [-0.2, 0) is 0 Å². The fourth-order valence-corrected chi connectivity index (χ4v) is 2.39. The fraction of sp³-hybridized carbons (Fsp3) is 0.923. The molecule has 0 amide bonds. The van der Waals surface area contributed by atoms with Crippen molar-refractivity contribution in [2.75, 3.05) is 53.4 Å². The van der Waals surface area contributed by atoms with Crippen LogP contribution >= 0.6 is 0 Å². The highest BCUT2D eigenvalue weighted by atomic mass is 15.3. The molecule has 0 aromatic rings. The molecule has 2 fully saturated rings. The minimum absolute atomic E-state index is 0.653. The summed E-state index contributed by atoms with van der Waals surface area (Å²) in [5.41, 5.74) is 5.98. The monoisotopic (exact) mass is 253 g/mol. The second-order valence-corrected chi connectivity index (χ2v) is 5.58. The highest BCUT2D eigenvalue weighted by molar-refractivity contribution is 5.78. The molecule has 5 nitrogen and oxygen atoms in total. The average molecular weight is 253 g/mol. The molecule has 0 atom stereocenters. The van der Waals surface area contributed by atoms with Gasteiger partial charge in [-0.25, -0.2) is 0 Å². The smallest absolute Gasteiger partial charge is 0.191 e. The molecule has 5 heteroatoms. The Bertz CT molecular complexity index is 287. The van der Waals surface area contributed by atoms with Gasteiger partial charge in [-0.1, -0.05) is 0 Å². The zero-order valence-corrected chi connectivity index (χ0v) is 11.8. The molecular weight excluding hydrogens is 226 g/mol. The van der Waals surface area contributed by atoms with Crippen molar-refractivity contribution in [1.82, 2.24) is 14.7 Å². The van der Waals surface area contributed by atoms with E-state index in [-0.39, 0.29) is 0 Å². The Kier molecular flexibility index (Phi) is 4.83. The first-order valence-electron chi connectivity index (χ1n) is 7.10. The molecule has 104 valence electrons. The average Bonchev–Trinajstić information content (AvgIpc) is 3.17. The minimum Gasteiger partial charge on any atom is -0.370 e. The molecule has 0 spiro atoms. The third kappa shape index (κ3) is 4.14. The van der Waals surface area contributed by atoms with E-state index < -0.39 is 0 Å². The third-order valence-electron chi connectivity index (χ3n) is 3.96. The number of aliphatic imine (C=N–C) groups is 1. The summed E-state index contributed by atoms with van der Waals surface area (Å²) < 4.78 is 0. The number of hydrogen-bond donors (Lipinski definition) is 1. The zero-order chi connectivity index (χ0) is 13.0. The van der Waals surface area contributed by atoms with E-state index in [4.69, 9.17) is 5.73 Å². The van der Waals surface area contributed by atoms with E-state index in [1.807, 2.05) is 0 Å². The van der Waals surface area contributed by atoms with E-state index >= 15 is 0 Å². The maximum atomic E-state index is 5.98. The van der Waals surface area contributed by atoms with Gasteiger partial charge in [0.15, 0.2) is 5.96 Å².